The van der Waals surface area contributed by atoms with Crippen LogP contribution in [0.5, 0.6) is 5.75 Å². The van der Waals surface area contributed by atoms with E-state index in [0.29, 0.717) is 0 Å². The van der Waals surface area contributed by atoms with Crippen molar-refractivity contribution in [2.45, 2.75) is 32.8 Å². The van der Waals surface area contributed by atoms with Crippen molar-refractivity contribution >= 4 is 102 Å². The minimum absolute atomic E-state index is 0.0633. The van der Waals surface area contributed by atoms with E-state index in [0.717, 1.165) is 11.3 Å². The van der Waals surface area contributed by atoms with Crippen molar-refractivity contribution in [1.82, 2.24) is 0 Å². The molecule has 0 bridgehead atoms. The second-order valence-corrected chi connectivity index (χ2v) is 23.1. The molecule has 2 nitrogen and oxygen atoms in total. The highest BCUT2D eigenvalue weighted by atomic mass is 79.9. The maximum atomic E-state index is 10.5. The maximum absolute atomic E-state index is 10.5. The normalized spacial score (nSPS) is 16.8. The molecule has 0 aliphatic carbocycles. The maximum Gasteiger partial charge on any atom is 0.128 e. The lowest BCUT2D eigenvalue weighted by molar-refractivity contribution is 0.282. The highest BCUT2D eigenvalue weighted by Crippen LogP contribution is 2.46. The SMILES string of the molecule is COc1cc2c3c(c(CO)cc2c2c1-c1sc(Br)cc1[Si]2(C)C)-c1sc(Br)cc1[Si]3(C)C. The molecule has 0 saturated heterocycles. The van der Waals surface area contributed by atoms with Crippen LogP contribution in [0, 0.1) is 0 Å². The van der Waals surface area contributed by atoms with Gasteiger partial charge in [0.1, 0.15) is 21.9 Å². The van der Waals surface area contributed by atoms with Crippen LogP contribution in [0.15, 0.2) is 31.8 Å². The van der Waals surface area contributed by atoms with Crippen molar-refractivity contribution < 1.29 is 9.84 Å². The number of ether oxygens (including phenoxy) is 1. The lowest BCUT2D eigenvalue weighted by Crippen LogP contribution is -2.51. The minimum atomic E-state index is -1.94. The molecule has 8 heteroatoms. The molecule has 0 spiro atoms. The predicted octanol–water partition coefficient (Wildman–Crippen LogP) is 5.59. The molecule has 1 N–H and O–H groups in total. The number of fused-ring (bicyclic) bond motifs is 9. The molecule has 6 rings (SSSR count). The Bertz CT molecular complexity index is 1370. The fourth-order valence-corrected chi connectivity index (χ4v) is 18.2. The van der Waals surface area contributed by atoms with E-state index in [-0.39, 0.29) is 6.61 Å². The monoisotopic (exact) mass is 620 g/mol. The number of aliphatic hydroxyl groups excluding tert-OH is 1. The summed E-state index contributed by atoms with van der Waals surface area (Å²) in [6.07, 6.45) is 0. The van der Waals surface area contributed by atoms with Crippen molar-refractivity contribution in [2.24, 2.45) is 0 Å². The molecule has 0 saturated carbocycles. The molecule has 0 radical (unpaired) electrons. The highest BCUT2D eigenvalue weighted by molar-refractivity contribution is 9.11. The van der Waals surface area contributed by atoms with E-state index in [9.17, 15) is 5.11 Å². The zero-order valence-corrected chi connectivity index (χ0v) is 25.2. The van der Waals surface area contributed by atoms with Gasteiger partial charge in [-0.1, -0.05) is 26.2 Å². The van der Waals surface area contributed by atoms with Gasteiger partial charge in [-0.15, -0.1) is 22.7 Å². The number of thiophene rings is 2. The van der Waals surface area contributed by atoms with E-state index in [1.165, 1.54) is 60.0 Å². The minimum Gasteiger partial charge on any atom is -0.496 e. The smallest absolute Gasteiger partial charge is 0.128 e. The third kappa shape index (κ3) is 2.57. The van der Waals surface area contributed by atoms with Crippen LogP contribution in [0.3, 0.4) is 0 Å². The first-order valence-electron chi connectivity index (χ1n) is 10.5. The summed E-state index contributed by atoms with van der Waals surface area (Å²) in [5.74, 6) is 0.987. The second kappa shape index (κ2) is 6.90. The first-order chi connectivity index (χ1) is 15.1. The summed E-state index contributed by atoms with van der Waals surface area (Å²) in [6, 6.07) is 9.23. The summed E-state index contributed by atoms with van der Waals surface area (Å²) < 4.78 is 8.42. The molecule has 2 aliphatic rings. The van der Waals surface area contributed by atoms with Gasteiger partial charge in [0.15, 0.2) is 0 Å². The van der Waals surface area contributed by atoms with Gasteiger partial charge >= 0.3 is 0 Å². The van der Waals surface area contributed by atoms with Gasteiger partial charge in [-0.05, 0) is 98.8 Å². The van der Waals surface area contributed by atoms with Gasteiger partial charge in [0.05, 0.1) is 21.3 Å². The van der Waals surface area contributed by atoms with Gasteiger partial charge < -0.3 is 9.84 Å². The van der Waals surface area contributed by atoms with Crippen molar-refractivity contribution in [3.8, 4) is 26.6 Å². The first kappa shape index (κ1) is 21.8. The standard InChI is InChI=1S/C24H22Br2O2S2Si2/c1-28-14-7-13-12(24-20(14)22-16(32(24,4)5)9-18(26)30-22)6-11(10-27)19-21-15(8-17(25)29-21)31(2,3)23(13)19/h6-9,27H,10H2,1-5H3. The van der Waals surface area contributed by atoms with Crippen LogP contribution < -0.4 is 25.5 Å². The summed E-state index contributed by atoms with van der Waals surface area (Å²) in [6.45, 7) is 9.88. The van der Waals surface area contributed by atoms with Crippen molar-refractivity contribution in [2.75, 3.05) is 7.11 Å². The van der Waals surface area contributed by atoms with Gasteiger partial charge in [-0.2, -0.15) is 0 Å². The Morgan fingerprint density at radius 1 is 0.812 bits per heavy atom. The Morgan fingerprint density at radius 2 is 1.31 bits per heavy atom. The molecule has 2 aliphatic heterocycles. The Morgan fingerprint density at radius 3 is 1.84 bits per heavy atom. The van der Waals surface area contributed by atoms with E-state index in [2.05, 4.69) is 82.3 Å². The molecule has 0 unspecified atom stereocenters. The third-order valence-corrected chi connectivity index (χ3v) is 18.0. The fraction of sp³-hybridized carbons (Fsp3) is 0.250. The van der Waals surface area contributed by atoms with Crippen molar-refractivity contribution in [3.63, 3.8) is 0 Å². The van der Waals surface area contributed by atoms with Crippen LogP contribution in [0.4, 0.5) is 0 Å². The highest BCUT2D eigenvalue weighted by Gasteiger charge is 2.46. The summed E-state index contributed by atoms with van der Waals surface area (Å²) in [7, 11) is -2.07. The molecular weight excluding hydrogens is 600 g/mol. The van der Waals surface area contributed by atoms with Crippen LogP contribution in [0.2, 0.25) is 26.2 Å². The number of hydrogen-bond acceptors (Lipinski definition) is 4. The predicted molar refractivity (Wildman–Crippen MR) is 152 cm³/mol. The summed E-state index contributed by atoms with van der Waals surface area (Å²) in [5.41, 5.74) is 3.62. The molecule has 164 valence electrons. The van der Waals surface area contributed by atoms with E-state index in [1.807, 2.05) is 11.3 Å². The summed E-state index contributed by atoms with van der Waals surface area (Å²) in [5, 5.41) is 19.1. The zero-order chi connectivity index (χ0) is 22.7. The first-order valence-corrected chi connectivity index (χ1v) is 19.8. The summed E-state index contributed by atoms with van der Waals surface area (Å²) >= 11 is 11.1. The largest absolute Gasteiger partial charge is 0.496 e. The number of benzene rings is 2. The van der Waals surface area contributed by atoms with Crippen LogP contribution >= 0.6 is 54.5 Å². The Labute approximate surface area is 214 Å². The average molecular weight is 623 g/mol. The number of aliphatic hydroxyl groups is 1. The van der Waals surface area contributed by atoms with Gasteiger partial charge in [-0.3, -0.25) is 0 Å². The van der Waals surface area contributed by atoms with Crippen LogP contribution in [-0.4, -0.2) is 28.4 Å². The van der Waals surface area contributed by atoms with E-state index < -0.39 is 16.1 Å². The van der Waals surface area contributed by atoms with Gasteiger partial charge in [0, 0.05) is 15.3 Å². The fourth-order valence-electron chi connectivity index (χ4n) is 5.93. The van der Waals surface area contributed by atoms with Crippen LogP contribution in [-0.2, 0) is 6.61 Å². The summed E-state index contributed by atoms with van der Waals surface area (Å²) in [4.78, 5) is 2.70. The quantitative estimate of drug-likeness (QED) is 0.296. The molecular formula is C24H22Br2O2S2Si2. The number of rotatable bonds is 2. The third-order valence-electron chi connectivity index (χ3n) is 7.34. The lowest BCUT2D eigenvalue weighted by Gasteiger charge is -2.26. The molecule has 4 heterocycles. The molecule has 2 aromatic carbocycles. The van der Waals surface area contributed by atoms with Gasteiger partial charge in [-0.25, -0.2) is 0 Å². The van der Waals surface area contributed by atoms with E-state index in [1.54, 1.807) is 18.4 Å². The van der Waals surface area contributed by atoms with Crippen LogP contribution in [0.1, 0.15) is 5.56 Å². The molecule has 32 heavy (non-hydrogen) atoms. The Kier molecular flexibility index (Phi) is 4.69. The van der Waals surface area contributed by atoms with E-state index in [4.69, 9.17) is 4.74 Å². The van der Waals surface area contributed by atoms with Crippen LogP contribution in [0.25, 0.3) is 31.7 Å². The zero-order valence-electron chi connectivity index (χ0n) is 18.4. The van der Waals surface area contributed by atoms with E-state index >= 15 is 0 Å². The van der Waals surface area contributed by atoms with Crippen molar-refractivity contribution in [1.29, 1.82) is 0 Å². The molecule has 4 aromatic rings. The van der Waals surface area contributed by atoms with Gasteiger partial charge in [0.2, 0.25) is 0 Å². The Balaban J connectivity index is 1.82. The Hall–Kier alpha value is -0.746. The van der Waals surface area contributed by atoms with Crippen molar-refractivity contribution in [3.05, 3.63) is 37.4 Å². The van der Waals surface area contributed by atoms with Gasteiger partial charge in [0.25, 0.3) is 0 Å². The number of halogens is 2. The lowest BCUT2D eigenvalue weighted by atomic mass is 9.97. The second-order valence-electron chi connectivity index (χ2n) is 9.70. The number of hydrogen-bond donors (Lipinski definition) is 1. The molecule has 0 atom stereocenters. The molecule has 2 aromatic heterocycles. The molecule has 0 amide bonds. The number of methoxy groups -OCH3 is 1. The topological polar surface area (TPSA) is 29.5 Å². The molecule has 0 fully saturated rings. The average Bonchev–Trinajstić information content (AvgIpc) is 3.42.